The molecule has 1 aromatic carbocycles. The maximum absolute atomic E-state index is 14.3. The van der Waals surface area contributed by atoms with Gasteiger partial charge in [0.05, 0.1) is 6.54 Å². The molecule has 51 heavy (non-hydrogen) atoms. The van der Waals surface area contributed by atoms with Gasteiger partial charge in [0.15, 0.2) is 0 Å². The summed E-state index contributed by atoms with van der Waals surface area (Å²) in [6.07, 6.45) is 4.61. The van der Waals surface area contributed by atoms with E-state index >= 15 is 0 Å². The fraction of sp³-hybridized carbons (Fsp3) is 0.629. The molecule has 5 amide bonds. The van der Waals surface area contributed by atoms with Crippen molar-refractivity contribution in [3.8, 4) is 0 Å². The number of hydrogen-bond donors (Lipinski definition) is 3. The number of hydrogen-bond acceptors (Lipinski definition) is 9. The minimum atomic E-state index is -4.18. The number of fused-ring (bicyclic) bond motifs is 3. The number of benzene rings is 1. The molecule has 5 atom stereocenters. The highest BCUT2D eigenvalue weighted by molar-refractivity contribution is 7.87. The summed E-state index contributed by atoms with van der Waals surface area (Å²) < 4.78 is 40.1. The highest BCUT2D eigenvalue weighted by Gasteiger charge is 2.62. The lowest BCUT2D eigenvalue weighted by Gasteiger charge is -2.30. The number of carbonyl (C=O) groups excluding carboxylic acids is 5. The van der Waals surface area contributed by atoms with Crippen molar-refractivity contribution in [1.82, 2.24) is 29.5 Å². The smallest absolute Gasteiger partial charge is 0.410 e. The minimum absolute atomic E-state index is 0.0711. The van der Waals surface area contributed by atoms with Crippen LogP contribution in [-0.2, 0) is 47.2 Å². The number of amides is 5. The molecule has 0 spiro atoms. The lowest BCUT2D eigenvalue weighted by Crippen LogP contribution is -2.59. The molecule has 4 aliphatic rings. The molecular formula is C35H50N6O9S. The van der Waals surface area contributed by atoms with E-state index in [-0.39, 0.29) is 32.4 Å². The van der Waals surface area contributed by atoms with E-state index in [1.54, 1.807) is 32.6 Å². The Morgan fingerprint density at radius 2 is 1.76 bits per heavy atom. The maximum Gasteiger partial charge on any atom is 0.410 e. The Kier molecular flexibility index (Phi) is 11.3. The van der Waals surface area contributed by atoms with Crippen molar-refractivity contribution in [3.63, 3.8) is 0 Å². The number of alkyl carbamates (subject to hydrolysis) is 1. The summed E-state index contributed by atoms with van der Waals surface area (Å²) in [5.74, 6) is -2.62. The fourth-order valence-electron chi connectivity index (χ4n) is 6.75. The molecule has 15 nitrogen and oxygen atoms in total. The van der Waals surface area contributed by atoms with Crippen LogP contribution < -0.4 is 15.4 Å². The zero-order valence-electron chi connectivity index (χ0n) is 30.0. The van der Waals surface area contributed by atoms with Crippen LogP contribution in [0.1, 0.15) is 83.8 Å². The summed E-state index contributed by atoms with van der Waals surface area (Å²) in [5.41, 5.74) is -0.390. The van der Waals surface area contributed by atoms with Crippen molar-refractivity contribution in [3.05, 3.63) is 47.5 Å². The van der Waals surface area contributed by atoms with Crippen molar-refractivity contribution in [1.29, 1.82) is 0 Å². The van der Waals surface area contributed by atoms with Gasteiger partial charge in [-0.05, 0) is 57.6 Å². The van der Waals surface area contributed by atoms with Gasteiger partial charge >= 0.3 is 22.4 Å². The second-order valence-corrected chi connectivity index (χ2v) is 16.5. The van der Waals surface area contributed by atoms with Crippen LogP contribution in [-0.4, -0.2) is 102 Å². The Morgan fingerprint density at radius 3 is 2.41 bits per heavy atom. The van der Waals surface area contributed by atoms with Crippen LogP contribution in [0.25, 0.3) is 0 Å². The van der Waals surface area contributed by atoms with Crippen LogP contribution in [0, 0.1) is 5.92 Å². The molecule has 1 saturated heterocycles. The predicted octanol–water partition coefficient (Wildman–Crippen LogP) is 2.71. The normalized spacial score (nSPS) is 26.9. The second-order valence-electron chi connectivity index (χ2n) is 14.8. The molecule has 5 rings (SSSR count). The van der Waals surface area contributed by atoms with E-state index in [2.05, 4.69) is 15.4 Å². The zero-order valence-corrected chi connectivity index (χ0v) is 30.8. The first-order valence-corrected chi connectivity index (χ1v) is 19.1. The van der Waals surface area contributed by atoms with E-state index in [9.17, 15) is 32.4 Å². The minimum Gasteiger partial charge on any atom is -0.444 e. The summed E-state index contributed by atoms with van der Waals surface area (Å²) in [6, 6.07) is 5.43. The van der Waals surface area contributed by atoms with E-state index in [0.717, 1.165) is 28.3 Å². The Labute approximate surface area is 299 Å². The van der Waals surface area contributed by atoms with Crippen LogP contribution in [0.2, 0.25) is 0 Å². The van der Waals surface area contributed by atoms with Gasteiger partial charge in [-0.1, -0.05) is 56.2 Å². The SMILES string of the molecule is CCN(C)S(=O)(=O)NC(=O)[C@@]12C[C@H]1C=CCCCCC[C@H](NC(=O)OC(C)(C)C)C(=O)N1C[C@H](OC(=O)N3Cc4ccccc4C3)C[C@H]1C(=O)N2. The average Bonchev–Trinajstić information content (AvgIpc) is 3.36. The van der Waals surface area contributed by atoms with Crippen LogP contribution in [0.4, 0.5) is 9.59 Å². The molecule has 3 aliphatic heterocycles. The van der Waals surface area contributed by atoms with Gasteiger partial charge in [0.2, 0.25) is 11.8 Å². The van der Waals surface area contributed by atoms with Crippen molar-refractivity contribution in [2.24, 2.45) is 5.92 Å². The van der Waals surface area contributed by atoms with Gasteiger partial charge in [0.1, 0.15) is 29.3 Å². The molecule has 0 radical (unpaired) electrons. The molecule has 280 valence electrons. The van der Waals surface area contributed by atoms with Crippen molar-refractivity contribution in [2.45, 2.75) is 115 Å². The third-order valence-electron chi connectivity index (χ3n) is 9.78. The molecule has 2 fully saturated rings. The summed E-state index contributed by atoms with van der Waals surface area (Å²) in [4.78, 5) is 71.2. The molecule has 0 unspecified atom stereocenters. The third-order valence-corrected chi connectivity index (χ3v) is 11.3. The second kappa shape index (κ2) is 15.2. The van der Waals surface area contributed by atoms with Gasteiger partial charge < -0.3 is 25.0 Å². The lowest BCUT2D eigenvalue weighted by atomic mass is 10.0. The van der Waals surface area contributed by atoms with E-state index in [1.807, 2.05) is 36.4 Å². The standard InChI is InChI=1S/C35H50N6O9S/c1-6-39(5)51(47,48)38-31(44)35-19-25(35)16-10-8-7-9-11-17-27(36-32(45)50-34(2,3)4)30(43)41-22-26(18-28(41)29(42)37-35)49-33(46)40-20-23-14-12-13-15-24(23)21-40/h10,12-16,25-28H,6-9,11,17-22H2,1-5H3,(H,36,45)(H,37,42)(H,38,44)/t25-,26-,27+,28+,35-/m1/s1. The number of nitrogens with zero attached hydrogens (tertiary/aromatic N) is 3. The molecule has 1 saturated carbocycles. The molecule has 0 bridgehead atoms. The zero-order chi connectivity index (χ0) is 37.1. The molecule has 1 aliphatic carbocycles. The van der Waals surface area contributed by atoms with E-state index in [1.165, 1.54) is 11.9 Å². The topological polar surface area (TPSA) is 184 Å². The first-order valence-electron chi connectivity index (χ1n) is 17.6. The molecule has 0 aromatic heterocycles. The van der Waals surface area contributed by atoms with E-state index < -0.39 is 75.4 Å². The van der Waals surface area contributed by atoms with E-state index in [0.29, 0.717) is 25.9 Å². The average molecular weight is 731 g/mol. The number of allylic oxidation sites excluding steroid dienone is 1. The van der Waals surface area contributed by atoms with Gasteiger partial charge in [0, 0.05) is 39.0 Å². The first-order chi connectivity index (χ1) is 24.0. The van der Waals surface area contributed by atoms with Gasteiger partial charge in [-0.25, -0.2) is 14.3 Å². The molecule has 3 heterocycles. The quantitative estimate of drug-likeness (QED) is 0.371. The number of nitrogens with one attached hydrogen (secondary N) is 3. The van der Waals surface area contributed by atoms with Gasteiger partial charge in [-0.3, -0.25) is 19.3 Å². The number of carbonyl (C=O) groups is 5. The van der Waals surface area contributed by atoms with Crippen molar-refractivity contribution in [2.75, 3.05) is 20.1 Å². The van der Waals surface area contributed by atoms with Gasteiger partial charge in [-0.15, -0.1) is 0 Å². The number of ether oxygens (including phenoxy) is 2. The van der Waals surface area contributed by atoms with Crippen LogP contribution in [0.3, 0.4) is 0 Å². The Morgan fingerprint density at radius 1 is 1.08 bits per heavy atom. The number of rotatable bonds is 6. The van der Waals surface area contributed by atoms with Gasteiger partial charge in [-0.2, -0.15) is 12.7 Å². The monoisotopic (exact) mass is 730 g/mol. The fourth-order valence-corrected chi connectivity index (χ4v) is 7.66. The summed E-state index contributed by atoms with van der Waals surface area (Å²) >= 11 is 0. The largest absolute Gasteiger partial charge is 0.444 e. The third kappa shape index (κ3) is 9.01. The van der Waals surface area contributed by atoms with Crippen LogP contribution in [0.15, 0.2) is 36.4 Å². The highest BCUT2D eigenvalue weighted by atomic mass is 32.2. The molecular weight excluding hydrogens is 680 g/mol. The molecule has 1 aromatic rings. The maximum atomic E-state index is 14.3. The lowest BCUT2D eigenvalue weighted by molar-refractivity contribution is -0.141. The predicted molar refractivity (Wildman–Crippen MR) is 186 cm³/mol. The highest BCUT2D eigenvalue weighted by Crippen LogP contribution is 2.46. The summed E-state index contributed by atoms with van der Waals surface area (Å²) in [7, 11) is -2.85. The molecule has 3 N–H and O–H groups in total. The summed E-state index contributed by atoms with van der Waals surface area (Å²) in [6.45, 7) is 7.45. The van der Waals surface area contributed by atoms with Crippen molar-refractivity contribution >= 4 is 40.1 Å². The Hall–Kier alpha value is -4.18. The molecule has 16 heteroatoms. The Bertz CT molecular complexity index is 1640. The van der Waals surface area contributed by atoms with Crippen LogP contribution in [0.5, 0.6) is 0 Å². The Balaban J connectivity index is 1.41. The summed E-state index contributed by atoms with van der Waals surface area (Å²) in [5, 5.41) is 5.48. The van der Waals surface area contributed by atoms with Crippen LogP contribution >= 0.6 is 0 Å². The van der Waals surface area contributed by atoms with Crippen molar-refractivity contribution < 1.29 is 41.9 Å². The van der Waals surface area contributed by atoms with E-state index in [4.69, 9.17) is 9.47 Å². The first kappa shape index (κ1) is 38.1. The van der Waals surface area contributed by atoms with Gasteiger partial charge in [0.25, 0.3) is 5.91 Å².